The molecular weight excluding hydrogens is 372 g/mol. The molecule has 2 aliphatic rings. The van der Waals surface area contributed by atoms with E-state index >= 15 is 0 Å². The van der Waals surface area contributed by atoms with Crippen LogP contribution in [0, 0.1) is 5.41 Å². The van der Waals surface area contributed by atoms with Crippen molar-refractivity contribution < 1.29 is 19.1 Å². The molecule has 8 heteroatoms. The highest BCUT2D eigenvalue weighted by molar-refractivity contribution is 6.14. The van der Waals surface area contributed by atoms with Gasteiger partial charge >= 0.3 is 6.09 Å². The zero-order valence-corrected chi connectivity index (χ0v) is 16.4. The normalized spacial score (nSPS) is 17.7. The number of amides is 3. The monoisotopic (exact) mass is 396 g/mol. The smallest absolute Gasteiger partial charge is 0.409 e. The maximum atomic E-state index is 13.1. The Labute approximate surface area is 168 Å². The molecule has 2 aromatic rings. The van der Waals surface area contributed by atoms with E-state index in [1.165, 1.54) is 0 Å². The van der Waals surface area contributed by atoms with Crippen molar-refractivity contribution in [1.29, 1.82) is 0 Å². The molecule has 0 bridgehead atoms. The largest absolute Gasteiger partial charge is 0.450 e. The van der Waals surface area contributed by atoms with Crippen LogP contribution >= 0.6 is 0 Å². The third-order valence-electron chi connectivity index (χ3n) is 5.57. The van der Waals surface area contributed by atoms with Crippen LogP contribution in [0.5, 0.6) is 0 Å². The van der Waals surface area contributed by atoms with Gasteiger partial charge in [-0.2, -0.15) is 0 Å². The summed E-state index contributed by atoms with van der Waals surface area (Å²) in [5, 5.41) is 3.85. The highest BCUT2D eigenvalue weighted by atomic mass is 16.6. The number of carbonyl (C=O) groups excluding carboxylic acids is 3. The second kappa shape index (κ2) is 7.69. The lowest BCUT2D eigenvalue weighted by atomic mass is 10.0. The predicted molar refractivity (Wildman–Crippen MR) is 107 cm³/mol. The topological polar surface area (TPSA) is 91.8 Å². The van der Waals surface area contributed by atoms with Crippen molar-refractivity contribution in [3.05, 3.63) is 36.5 Å². The summed E-state index contributed by atoms with van der Waals surface area (Å²) in [4.78, 5) is 45.6. The number of ether oxygens (including phenoxy) is 1. The van der Waals surface area contributed by atoms with Crippen molar-refractivity contribution in [3.63, 3.8) is 0 Å². The van der Waals surface area contributed by atoms with E-state index in [0.717, 1.165) is 5.39 Å². The summed E-state index contributed by atoms with van der Waals surface area (Å²) < 4.78 is 5.01. The standard InChI is InChI=1S/C21H24N4O4/c1-2-29-20(28)25-13-11-24(12-14-25)19(27)21(8-9-21)18(26)23-16-7-3-5-15-6-4-10-22-17(15)16/h3-7,10H,2,8-9,11-14H2,1H3,(H,23,26). The number of benzene rings is 1. The molecule has 2 heterocycles. The first-order valence-corrected chi connectivity index (χ1v) is 9.91. The number of carbonyl (C=O) groups is 3. The first-order chi connectivity index (χ1) is 14.0. The Morgan fingerprint density at radius 3 is 2.45 bits per heavy atom. The lowest BCUT2D eigenvalue weighted by Gasteiger charge is -2.35. The number of nitrogens with zero attached hydrogens (tertiary/aromatic N) is 3. The van der Waals surface area contributed by atoms with Gasteiger partial charge in [0, 0.05) is 37.8 Å². The van der Waals surface area contributed by atoms with Gasteiger partial charge in [0.1, 0.15) is 5.41 Å². The molecule has 1 aliphatic heterocycles. The van der Waals surface area contributed by atoms with Gasteiger partial charge in [-0.25, -0.2) is 4.79 Å². The predicted octanol–water partition coefficient (Wildman–Crippen LogP) is 2.25. The Bertz CT molecular complexity index is 943. The summed E-state index contributed by atoms with van der Waals surface area (Å²) in [6.45, 7) is 3.72. The Hall–Kier alpha value is -3.16. The van der Waals surface area contributed by atoms with Crippen molar-refractivity contribution in [2.24, 2.45) is 5.41 Å². The zero-order chi connectivity index (χ0) is 20.4. The van der Waals surface area contributed by atoms with Crippen molar-refractivity contribution in [3.8, 4) is 0 Å². The summed E-state index contributed by atoms with van der Waals surface area (Å²) in [5.41, 5.74) is 0.303. The molecule has 2 fully saturated rings. The van der Waals surface area contributed by atoms with Gasteiger partial charge in [0.15, 0.2) is 0 Å². The Morgan fingerprint density at radius 1 is 1.07 bits per heavy atom. The number of hydrogen-bond donors (Lipinski definition) is 1. The molecule has 1 N–H and O–H groups in total. The van der Waals surface area contributed by atoms with Gasteiger partial charge in [-0.3, -0.25) is 14.6 Å². The molecule has 1 aromatic carbocycles. The SMILES string of the molecule is CCOC(=O)N1CCN(C(=O)C2(C(=O)Nc3cccc4cccnc34)CC2)CC1. The molecule has 152 valence electrons. The molecule has 4 rings (SSSR count). The van der Waals surface area contributed by atoms with Gasteiger partial charge in [0.05, 0.1) is 17.8 Å². The number of hydrogen-bond acceptors (Lipinski definition) is 5. The van der Waals surface area contributed by atoms with E-state index in [-0.39, 0.29) is 17.9 Å². The average Bonchev–Trinajstić information content (AvgIpc) is 3.56. The van der Waals surface area contributed by atoms with Crippen LogP contribution in [0.15, 0.2) is 36.5 Å². The van der Waals surface area contributed by atoms with Crippen molar-refractivity contribution in [2.75, 3.05) is 38.1 Å². The fourth-order valence-corrected chi connectivity index (χ4v) is 3.72. The molecule has 8 nitrogen and oxygen atoms in total. The van der Waals surface area contributed by atoms with Gasteiger partial charge in [-0.1, -0.05) is 18.2 Å². The minimum Gasteiger partial charge on any atom is -0.450 e. The molecule has 1 saturated carbocycles. The van der Waals surface area contributed by atoms with Gasteiger partial charge in [0.25, 0.3) is 0 Å². The minimum absolute atomic E-state index is 0.160. The summed E-state index contributed by atoms with van der Waals surface area (Å²) >= 11 is 0. The fourth-order valence-electron chi connectivity index (χ4n) is 3.72. The van der Waals surface area contributed by atoms with E-state index in [9.17, 15) is 14.4 Å². The number of rotatable bonds is 4. The number of nitrogens with one attached hydrogen (secondary N) is 1. The molecule has 1 aromatic heterocycles. The van der Waals surface area contributed by atoms with Gasteiger partial charge in [0.2, 0.25) is 11.8 Å². The Balaban J connectivity index is 1.43. The second-order valence-electron chi connectivity index (χ2n) is 7.40. The van der Waals surface area contributed by atoms with E-state index < -0.39 is 5.41 Å². The van der Waals surface area contributed by atoms with Crippen LogP contribution in [0.25, 0.3) is 10.9 Å². The third-order valence-corrected chi connectivity index (χ3v) is 5.57. The molecule has 0 spiro atoms. The third kappa shape index (κ3) is 3.62. The van der Waals surface area contributed by atoms with E-state index in [0.29, 0.717) is 56.8 Å². The van der Waals surface area contributed by atoms with Gasteiger partial charge in [-0.05, 0) is 31.9 Å². The number of piperazine rings is 1. The summed E-state index contributed by atoms with van der Waals surface area (Å²) in [6, 6.07) is 9.36. The fraction of sp³-hybridized carbons (Fsp3) is 0.429. The highest BCUT2D eigenvalue weighted by Crippen LogP contribution is 2.48. The molecule has 3 amide bonds. The lowest BCUT2D eigenvalue weighted by Crippen LogP contribution is -2.53. The quantitative estimate of drug-likeness (QED) is 0.801. The van der Waals surface area contributed by atoms with Crippen LogP contribution in [0.4, 0.5) is 10.5 Å². The maximum Gasteiger partial charge on any atom is 0.409 e. The molecule has 1 aliphatic carbocycles. The first-order valence-electron chi connectivity index (χ1n) is 9.91. The molecule has 1 saturated heterocycles. The number of fused-ring (bicyclic) bond motifs is 1. The van der Waals surface area contributed by atoms with Crippen LogP contribution in [0.3, 0.4) is 0 Å². The zero-order valence-electron chi connectivity index (χ0n) is 16.4. The lowest BCUT2D eigenvalue weighted by molar-refractivity contribution is -0.143. The molecule has 0 radical (unpaired) electrons. The highest BCUT2D eigenvalue weighted by Gasteiger charge is 2.58. The van der Waals surface area contributed by atoms with E-state index in [1.54, 1.807) is 29.0 Å². The van der Waals surface area contributed by atoms with Crippen LogP contribution in [0.1, 0.15) is 19.8 Å². The van der Waals surface area contributed by atoms with Crippen molar-refractivity contribution in [1.82, 2.24) is 14.8 Å². The second-order valence-corrected chi connectivity index (χ2v) is 7.40. The van der Waals surface area contributed by atoms with Crippen LogP contribution in [0.2, 0.25) is 0 Å². The van der Waals surface area contributed by atoms with E-state index in [4.69, 9.17) is 4.74 Å². The minimum atomic E-state index is -1.01. The molecular formula is C21H24N4O4. The molecule has 29 heavy (non-hydrogen) atoms. The average molecular weight is 396 g/mol. The summed E-state index contributed by atoms with van der Waals surface area (Å²) in [5.74, 6) is -0.444. The van der Waals surface area contributed by atoms with Crippen molar-refractivity contribution >= 4 is 34.5 Å². The Morgan fingerprint density at radius 2 is 1.76 bits per heavy atom. The number of para-hydroxylation sites is 1. The van der Waals surface area contributed by atoms with Crippen molar-refractivity contribution in [2.45, 2.75) is 19.8 Å². The number of anilines is 1. The van der Waals surface area contributed by atoms with Crippen LogP contribution in [-0.2, 0) is 14.3 Å². The summed E-state index contributed by atoms with van der Waals surface area (Å²) in [7, 11) is 0. The van der Waals surface area contributed by atoms with Gasteiger partial charge < -0.3 is 19.9 Å². The van der Waals surface area contributed by atoms with E-state index in [2.05, 4.69) is 10.3 Å². The first kappa shape index (κ1) is 19.2. The van der Waals surface area contributed by atoms with Crippen LogP contribution < -0.4 is 5.32 Å². The maximum absolute atomic E-state index is 13.1. The number of pyridine rings is 1. The van der Waals surface area contributed by atoms with Crippen LogP contribution in [-0.4, -0.2) is 65.5 Å². The Kier molecular flexibility index (Phi) is 5.08. The molecule has 0 unspecified atom stereocenters. The van der Waals surface area contributed by atoms with E-state index in [1.807, 2.05) is 24.3 Å². The molecule has 0 atom stereocenters. The summed E-state index contributed by atoms with van der Waals surface area (Å²) in [6.07, 6.45) is 2.39. The van der Waals surface area contributed by atoms with Gasteiger partial charge in [-0.15, -0.1) is 0 Å². The number of aromatic nitrogens is 1.